The van der Waals surface area contributed by atoms with Crippen LogP contribution in [0.4, 0.5) is 0 Å². The predicted molar refractivity (Wildman–Crippen MR) is 83.1 cm³/mol. The number of halogens is 1. The van der Waals surface area contributed by atoms with Gasteiger partial charge in [-0.3, -0.25) is 4.79 Å². The van der Waals surface area contributed by atoms with E-state index in [1.165, 1.54) is 6.92 Å². The number of hydrogen-bond acceptors (Lipinski definition) is 4. The van der Waals surface area contributed by atoms with Crippen molar-refractivity contribution in [2.45, 2.75) is 19.8 Å². The first-order valence-corrected chi connectivity index (χ1v) is 6.93. The standard InChI is InChI=1S/C15H13ClN2OS/c1-8-13(9(2)19)14(11(7-17)15(20)18-8)10-5-3-4-6-12(10)16/h3-6,13-14,20H,1-2H3/t13?,14-/m0/s1. The number of nitrogens with zero attached hydrogens (tertiary/aromatic N) is 2. The van der Waals surface area contributed by atoms with Crippen LogP contribution in [0.2, 0.25) is 5.02 Å². The molecule has 20 heavy (non-hydrogen) atoms. The van der Waals surface area contributed by atoms with Gasteiger partial charge in [0.2, 0.25) is 0 Å². The topological polar surface area (TPSA) is 53.2 Å². The quantitative estimate of drug-likeness (QED) is 0.846. The molecule has 0 saturated carbocycles. The number of aliphatic imine (C=N–C) groups is 1. The summed E-state index contributed by atoms with van der Waals surface area (Å²) in [6.45, 7) is 3.28. The lowest BCUT2D eigenvalue weighted by atomic mass is 9.75. The molecule has 0 amide bonds. The molecule has 0 radical (unpaired) electrons. The Hall–Kier alpha value is -1.57. The lowest BCUT2D eigenvalue weighted by molar-refractivity contribution is -0.119. The highest BCUT2D eigenvalue weighted by molar-refractivity contribution is 7.84. The molecule has 0 aromatic heterocycles. The molecule has 1 aromatic carbocycles. The Labute approximate surface area is 128 Å². The van der Waals surface area contributed by atoms with Gasteiger partial charge in [-0.1, -0.05) is 29.8 Å². The number of nitriles is 1. The molecule has 1 aliphatic rings. The van der Waals surface area contributed by atoms with Crippen LogP contribution in [0.1, 0.15) is 25.3 Å². The molecule has 0 N–H and O–H groups in total. The SMILES string of the molecule is CC(=O)C1C(C)=NC(S)=C(C#N)[C@@H]1c1ccccc1Cl. The summed E-state index contributed by atoms with van der Waals surface area (Å²) in [5.41, 5.74) is 1.80. The van der Waals surface area contributed by atoms with E-state index in [2.05, 4.69) is 23.7 Å². The highest BCUT2D eigenvalue weighted by Crippen LogP contribution is 2.42. The zero-order chi connectivity index (χ0) is 14.9. The van der Waals surface area contributed by atoms with Gasteiger partial charge in [-0.2, -0.15) is 5.26 Å². The Balaban J connectivity index is 2.68. The fraction of sp³-hybridized carbons (Fsp3) is 0.267. The molecule has 0 fully saturated rings. The van der Waals surface area contributed by atoms with Crippen LogP contribution >= 0.6 is 24.2 Å². The van der Waals surface area contributed by atoms with Crippen LogP contribution in [-0.4, -0.2) is 11.5 Å². The van der Waals surface area contributed by atoms with Crippen molar-refractivity contribution in [2.24, 2.45) is 10.9 Å². The second-order valence-electron chi connectivity index (χ2n) is 4.69. The van der Waals surface area contributed by atoms with Crippen LogP contribution < -0.4 is 0 Å². The van der Waals surface area contributed by atoms with Gasteiger partial charge in [0.15, 0.2) is 0 Å². The van der Waals surface area contributed by atoms with Crippen molar-refractivity contribution in [3.05, 3.63) is 45.5 Å². The number of rotatable bonds is 2. The van der Waals surface area contributed by atoms with E-state index in [4.69, 9.17) is 11.6 Å². The minimum absolute atomic E-state index is 0.0373. The minimum Gasteiger partial charge on any atom is -0.299 e. The molecule has 0 saturated heterocycles. The average Bonchev–Trinajstić information content (AvgIpc) is 2.38. The Bertz CT molecular complexity index is 673. The maximum Gasteiger partial charge on any atom is 0.139 e. The Kier molecular flexibility index (Phi) is 4.32. The number of Topliss-reactive ketones (excluding diaryl/α,β-unsaturated/α-hetero) is 1. The van der Waals surface area contributed by atoms with Gasteiger partial charge in [-0.25, -0.2) is 4.99 Å². The normalized spacial score (nSPS) is 22.2. The van der Waals surface area contributed by atoms with Crippen LogP contribution in [-0.2, 0) is 4.79 Å². The number of benzene rings is 1. The van der Waals surface area contributed by atoms with Gasteiger partial charge < -0.3 is 0 Å². The van der Waals surface area contributed by atoms with Crippen LogP contribution in [0.5, 0.6) is 0 Å². The first kappa shape index (κ1) is 14.8. The van der Waals surface area contributed by atoms with Gasteiger partial charge in [0.05, 0.1) is 17.6 Å². The molecule has 102 valence electrons. The second kappa shape index (κ2) is 5.82. The Morgan fingerprint density at radius 1 is 1.45 bits per heavy atom. The number of allylic oxidation sites excluding steroid dienone is 1. The molecule has 1 unspecified atom stereocenters. The Morgan fingerprint density at radius 3 is 2.65 bits per heavy atom. The summed E-state index contributed by atoms with van der Waals surface area (Å²) in [5.74, 6) is -0.929. The predicted octanol–water partition coefficient (Wildman–Crippen LogP) is 3.77. The van der Waals surface area contributed by atoms with E-state index in [1.54, 1.807) is 13.0 Å². The largest absolute Gasteiger partial charge is 0.299 e. The van der Waals surface area contributed by atoms with E-state index in [0.717, 1.165) is 5.56 Å². The summed E-state index contributed by atoms with van der Waals surface area (Å²) < 4.78 is 0. The molecule has 0 bridgehead atoms. The molecule has 1 aliphatic heterocycles. The third-order valence-corrected chi connectivity index (χ3v) is 4.10. The van der Waals surface area contributed by atoms with Crippen LogP contribution in [0.15, 0.2) is 39.9 Å². The molecule has 5 heteroatoms. The molecule has 2 rings (SSSR count). The van der Waals surface area contributed by atoms with E-state index in [9.17, 15) is 10.1 Å². The summed E-state index contributed by atoms with van der Waals surface area (Å²) in [6.07, 6.45) is 0. The van der Waals surface area contributed by atoms with Crippen molar-refractivity contribution in [1.82, 2.24) is 0 Å². The van der Waals surface area contributed by atoms with E-state index >= 15 is 0 Å². The zero-order valence-electron chi connectivity index (χ0n) is 11.1. The maximum atomic E-state index is 12.0. The molecule has 2 atom stereocenters. The summed E-state index contributed by atoms with van der Waals surface area (Å²) >= 11 is 10.5. The molecule has 0 aliphatic carbocycles. The average molecular weight is 305 g/mol. The monoisotopic (exact) mass is 304 g/mol. The van der Waals surface area contributed by atoms with Gasteiger partial charge in [-0.05, 0) is 25.5 Å². The van der Waals surface area contributed by atoms with Crippen molar-refractivity contribution in [1.29, 1.82) is 5.26 Å². The second-order valence-corrected chi connectivity index (χ2v) is 5.52. The highest BCUT2D eigenvalue weighted by atomic mass is 35.5. The van der Waals surface area contributed by atoms with Crippen LogP contribution in [0, 0.1) is 17.2 Å². The summed E-state index contributed by atoms with van der Waals surface area (Å²) in [7, 11) is 0. The third-order valence-electron chi connectivity index (χ3n) is 3.42. The number of ketones is 1. The van der Waals surface area contributed by atoms with E-state index in [1.807, 2.05) is 18.2 Å². The zero-order valence-corrected chi connectivity index (χ0v) is 12.7. The van der Waals surface area contributed by atoms with Gasteiger partial charge in [0.1, 0.15) is 10.8 Å². The van der Waals surface area contributed by atoms with Crippen molar-refractivity contribution in [2.75, 3.05) is 0 Å². The summed E-state index contributed by atoms with van der Waals surface area (Å²) in [4.78, 5) is 16.2. The van der Waals surface area contributed by atoms with Crippen molar-refractivity contribution < 1.29 is 4.79 Å². The number of hydrogen-bond donors (Lipinski definition) is 1. The fourth-order valence-electron chi connectivity index (χ4n) is 2.55. The minimum atomic E-state index is -0.472. The van der Waals surface area contributed by atoms with Crippen LogP contribution in [0.3, 0.4) is 0 Å². The van der Waals surface area contributed by atoms with E-state index in [-0.39, 0.29) is 5.78 Å². The third kappa shape index (κ3) is 2.52. The molecular formula is C15H13ClN2OS. The molecule has 1 heterocycles. The van der Waals surface area contributed by atoms with Gasteiger partial charge in [0.25, 0.3) is 0 Å². The van der Waals surface area contributed by atoms with Crippen molar-refractivity contribution >= 4 is 35.7 Å². The smallest absolute Gasteiger partial charge is 0.139 e. The number of carbonyl (C=O) groups is 1. The van der Waals surface area contributed by atoms with Gasteiger partial charge in [0, 0.05) is 16.7 Å². The van der Waals surface area contributed by atoms with Gasteiger partial charge >= 0.3 is 0 Å². The number of thiol groups is 1. The lowest BCUT2D eigenvalue weighted by Crippen LogP contribution is -2.31. The van der Waals surface area contributed by atoms with E-state index in [0.29, 0.717) is 21.3 Å². The van der Waals surface area contributed by atoms with Gasteiger partial charge in [-0.15, -0.1) is 12.6 Å². The molecule has 3 nitrogen and oxygen atoms in total. The van der Waals surface area contributed by atoms with Crippen LogP contribution in [0.25, 0.3) is 0 Å². The molecular weight excluding hydrogens is 292 g/mol. The van der Waals surface area contributed by atoms with Crippen molar-refractivity contribution in [3.63, 3.8) is 0 Å². The highest BCUT2D eigenvalue weighted by Gasteiger charge is 2.37. The lowest BCUT2D eigenvalue weighted by Gasteiger charge is -2.29. The molecule has 0 spiro atoms. The fourth-order valence-corrected chi connectivity index (χ4v) is 3.15. The number of carbonyl (C=O) groups excluding carboxylic acids is 1. The van der Waals surface area contributed by atoms with E-state index < -0.39 is 11.8 Å². The first-order valence-electron chi connectivity index (χ1n) is 6.10. The Morgan fingerprint density at radius 2 is 2.10 bits per heavy atom. The summed E-state index contributed by atoms with van der Waals surface area (Å²) in [6, 6.07) is 9.36. The molecule has 1 aromatic rings. The van der Waals surface area contributed by atoms with Crippen molar-refractivity contribution in [3.8, 4) is 6.07 Å². The maximum absolute atomic E-state index is 12.0. The first-order chi connectivity index (χ1) is 9.47. The summed E-state index contributed by atoms with van der Waals surface area (Å²) in [5, 5.41) is 10.3.